The summed E-state index contributed by atoms with van der Waals surface area (Å²) in [5.41, 5.74) is 0.377. The molecule has 10 heteroatoms. The van der Waals surface area contributed by atoms with Crippen molar-refractivity contribution in [2.75, 3.05) is 112 Å². The number of hydrogen-bond acceptors (Lipinski definition) is 10. The maximum absolute atomic E-state index is 11.2. The van der Waals surface area contributed by atoms with Crippen LogP contribution in [0.2, 0.25) is 0 Å². The second kappa shape index (κ2) is 39.1. The molecule has 0 unspecified atom stereocenters. The minimum atomic E-state index is -0.405. The van der Waals surface area contributed by atoms with E-state index in [1.807, 2.05) is 0 Å². The van der Waals surface area contributed by atoms with Gasteiger partial charge in [-0.2, -0.15) is 0 Å². The number of carbonyl (C=O) groups is 1. The molecule has 0 atom stereocenters. The van der Waals surface area contributed by atoms with Gasteiger partial charge in [-0.25, -0.2) is 4.79 Å². The third-order valence-electron chi connectivity index (χ3n) is 6.81. The Morgan fingerprint density at radius 2 is 0.622 bits per heavy atom. The van der Waals surface area contributed by atoms with Crippen molar-refractivity contribution in [3.63, 3.8) is 0 Å². The molecule has 45 heavy (non-hydrogen) atoms. The number of carbonyl (C=O) groups excluding carboxylic acids is 1. The quantitative estimate of drug-likeness (QED) is 0.0427. The molecule has 0 N–H and O–H groups in total. The van der Waals surface area contributed by atoms with Crippen LogP contribution in [0, 0.1) is 0 Å². The van der Waals surface area contributed by atoms with Crippen molar-refractivity contribution < 1.29 is 47.4 Å². The lowest BCUT2D eigenvalue weighted by molar-refractivity contribution is -0.140. The average Bonchev–Trinajstić information content (AvgIpc) is 3.04. The van der Waals surface area contributed by atoms with Crippen molar-refractivity contribution >= 4 is 5.97 Å². The van der Waals surface area contributed by atoms with Gasteiger partial charge in [0.1, 0.15) is 6.61 Å². The second-order valence-corrected chi connectivity index (χ2v) is 11.1. The fourth-order valence-corrected chi connectivity index (χ4v) is 4.18. The van der Waals surface area contributed by atoms with E-state index in [-0.39, 0.29) is 6.61 Å². The summed E-state index contributed by atoms with van der Waals surface area (Å²) in [4.78, 5) is 11.2. The third-order valence-corrected chi connectivity index (χ3v) is 6.81. The minimum Gasteiger partial charge on any atom is -0.460 e. The number of ether oxygens (including phenoxy) is 9. The van der Waals surface area contributed by atoms with Gasteiger partial charge < -0.3 is 42.6 Å². The first-order valence-electron chi connectivity index (χ1n) is 17.6. The van der Waals surface area contributed by atoms with E-state index in [2.05, 4.69) is 13.5 Å². The third kappa shape index (κ3) is 39.0. The summed E-state index contributed by atoms with van der Waals surface area (Å²) in [5.74, 6) is -0.405. The first kappa shape index (κ1) is 43.9. The van der Waals surface area contributed by atoms with Gasteiger partial charge in [-0.15, -0.1) is 0 Å². The van der Waals surface area contributed by atoms with Gasteiger partial charge in [0.25, 0.3) is 0 Å². The largest absolute Gasteiger partial charge is 0.460 e. The Morgan fingerprint density at radius 1 is 0.378 bits per heavy atom. The molecule has 0 bridgehead atoms. The standard InChI is InChI=1S/C35H68O10/c1-4-5-6-7-8-9-10-11-12-13-14-15-16-17-37-18-19-38-20-21-39-22-23-40-24-25-41-26-27-42-28-29-43-30-31-44-32-33-45-35(36)34(2)3/h2,4-33H2,1,3H3. The number of rotatable bonds is 39. The lowest BCUT2D eigenvalue weighted by atomic mass is 10.0. The predicted octanol–water partition coefficient (Wildman–Crippen LogP) is 6.33. The van der Waals surface area contributed by atoms with Gasteiger partial charge in [0.2, 0.25) is 0 Å². The molecule has 0 spiro atoms. The van der Waals surface area contributed by atoms with Gasteiger partial charge in [0.15, 0.2) is 0 Å². The zero-order chi connectivity index (χ0) is 32.7. The van der Waals surface area contributed by atoms with Crippen LogP contribution in [0.3, 0.4) is 0 Å². The topological polar surface area (TPSA) is 100 Å². The fraction of sp³-hybridized carbons (Fsp3) is 0.914. The molecule has 0 aliphatic carbocycles. The fourth-order valence-electron chi connectivity index (χ4n) is 4.18. The van der Waals surface area contributed by atoms with Crippen molar-refractivity contribution in [2.24, 2.45) is 0 Å². The molecule has 268 valence electrons. The van der Waals surface area contributed by atoms with Gasteiger partial charge in [0.05, 0.1) is 99.1 Å². The summed E-state index contributed by atoms with van der Waals surface area (Å²) < 4.78 is 48.8. The highest BCUT2D eigenvalue weighted by molar-refractivity contribution is 5.86. The molecule has 0 amide bonds. The number of hydrogen-bond donors (Lipinski definition) is 0. The van der Waals surface area contributed by atoms with Crippen LogP contribution in [0.1, 0.15) is 97.3 Å². The molecule has 0 radical (unpaired) electrons. The molecule has 0 aliphatic heterocycles. The molecule has 0 aliphatic rings. The Bertz CT molecular complexity index is 605. The summed E-state index contributed by atoms with van der Waals surface area (Å²) >= 11 is 0. The summed E-state index contributed by atoms with van der Waals surface area (Å²) in [6.07, 6.45) is 17.8. The summed E-state index contributed by atoms with van der Waals surface area (Å²) in [6, 6.07) is 0. The average molecular weight is 649 g/mol. The van der Waals surface area contributed by atoms with Crippen LogP contribution in [-0.2, 0) is 47.4 Å². The monoisotopic (exact) mass is 648 g/mol. The molecule has 0 aromatic rings. The summed E-state index contributed by atoms with van der Waals surface area (Å²) in [5, 5.41) is 0. The van der Waals surface area contributed by atoms with E-state index in [1.165, 1.54) is 77.0 Å². The lowest BCUT2D eigenvalue weighted by Crippen LogP contribution is -2.15. The molecule has 0 fully saturated rings. The van der Waals surface area contributed by atoms with Crippen molar-refractivity contribution in [2.45, 2.75) is 97.3 Å². The molecule has 0 aromatic heterocycles. The first-order valence-corrected chi connectivity index (χ1v) is 17.6. The Kier molecular flexibility index (Phi) is 38.1. The van der Waals surface area contributed by atoms with Gasteiger partial charge in [-0.05, 0) is 13.3 Å². The van der Waals surface area contributed by atoms with E-state index in [0.29, 0.717) is 105 Å². The highest BCUT2D eigenvalue weighted by atomic mass is 16.6. The Balaban J connectivity index is 3.06. The zero-order valence-electron chi connectivity index (χ0n) is 29.0. The first-order chi connectivity index (χ1) is 22.2. The molecule has 10 nitrogen and oxygen atoms in total. The van der Waals surface area contributed by atoms with E-state index in [4.69, 9.17) is 42.6 Å². The summed E-state index contributed by atoms with van der Waals surface area (Å²) in [6.45, 7) is 16.1. The Morgan fingerprint density at radius 3 is 0.911 bits per heavy atom. The van der Waals surface area contributed by atoms with Crippen LogP contribution < -0.4 is 0 Å². The molecule has 0 saturated carbocycles. The van der Waals surface area contributed by atoms with Crippen molar-refractivity contribution in [1.29, 1.82) is 0 Å². The lowest BCUT2D eigenvalue weighted by Gasteiger charge is -2.09. The van der Waals surface area contributed by atoms with Gasteiger partial charge in [0, 0.05) is 12.2 Å². The molecular formula is C35H68O10. The Hall–Kier alpha value is -1.11. The van der Waals surface area contributed by atoms with Gasteiger partial charge in [-0.3, -0.25) is 0 Å². The molecule has 0 saturated heterocycles. The van der Waals surface area contributed by atoms with Gasteiger partial charge in [-0.1, -0.05) is 90.6 Å². The summed E-state index contributed by atoms with van der Waals surface area (Å²) in [7, 11) is 0. The van der Waals surface area contributed by atoms with E-state index in [1.54, 1.807) is 6.92 Å². The van der Waals surface area contributed by atoms with E-state index < -0.39 is 5.97 Å². The van der Waals surface area contributed by atoms with Gasteiger partial charge >= 0.3 is 5.97 Å². The van der Waals surface area contributed by atoms with Crippen molar-refractivity contribution in [3.05, 3.63) is 12.2 Å². The van der Waals surface area contributed by atoms with Crippen molar-refractivity contribution in [1.82, 2.24) is 0 Å². The maximum Gasteiger partial charge on any atom is 0.333 e. The zero-order valence-corrected chi connectivity index (χ0v) is 29.0. The molecular weight excluding hydrogens is 580 g/mol. The van der Waals surface area contributed by atoms with Crippen LogP contribution >= 0.6 is 0 Å². The highest BCUT2D eigenvalue weighted by Crippen LogP contribution is 2.12. The minimum absolute atomic E-state index is 0.208. The normalized spacial score (nSPS) is 11.3. The van der Waals surface area contributed by atoms with Crippen LogP contribution in [0.5, 0.6) is 0 Å². The predicted molar refractivity (Wildman–Crippen MR) is 178 cm³/mol. The van der Waals surface area contributed by atoms with E-state index >= 15 is 0 Å². The second-order valence-electron chi connectivity index (χ2n) is 11.1. The van der Waals surface area contributed by atoms with Crippen LogP contribution in [0.15, 0.2) is 12.2 Å². The molecule has 0 rings (SSSR count). The smallest absolute Gasteiger partial charge is 0.333 e. The van der Waals surface area contributed by atoms with Crippen LogP contribution in [0.25, 0.3) is 0 Å². The SMILES string of the molecule is C=C(C)C(=O)OCCOCCOCCOCCOCCOCCOCCOCCOCCCCCCCCCCCCCCC. The maximum atomic E-state index is 11.2. The molecule has 0 heterocycles. The van der Waals surface area contributed by atoms with Crippen LogP contribution in [-0.4, -0.2) is 118 Å². The van der Waals surface area contributed by atoms with Crippen molar-refractivity contribution in [3.8, 4) is 0 Å². The molecule has 0 aromatic carbocycles. The van der Waals surface area contributed by atoms with E-state index in [9.17, 15) is 4.79 Å². The number of esters is 1. The highest BCUT2D eigenvalue weighted by Gasteiger charge is 2.02. The number of unbranched alkanes of at least 4 members (excludes halogenated alkanes) is 12. The van der Waals surface area contributed by atoms with Crippen LogP contribution in [0.4, 0.5) is 0 Å². The van der Waals surface area contributed by atoms with E-state index in [0.717, 1.165) is 13.0 Å². The Labute approximate surface area is 275 Å².